The van der Waals surface area contributed by atoms with Crippen LogP contribution in [0.15, 0.2) is 0 Å². The Morgan fingerprint density at radius 1 is 0.405 bits per heavy atom. The second-order valence-electron chi connectivity index (χ2n) is 6.40. The number of carbonyl (C=O) groups excluding carboxylic acids is 2. The lowest BCUT2D eigenvalue weighted by Crippen LogP contribution is -2.56. The van der Waals surface area contributed by atoms with Crippen molar-refractivity contribution < 1.29 is 94.7 Å². The van der Waals surface area contributed by atoms with E-state index in [9.17, 15) is 71.1 Å². The first-order valence-corrected chi connectivity index (χ1v) is 9.27. The average molecular weight is 586 g/mol. The standard InChI is InChI=1S/C16H16F14O7/c17-11(18,13(21,22)15(25,26)27)9(31)36-7-5-34-3-1-33-2-4-35-6-8-37-10(32)12(19,20)14(23,24)16(28,29)30/h1-8H2. The van der Waals surface area contributed by atoms with Crippen LogP contribution in [-0.2, 0) is 33.3 Å². The molecule has 0 aromatic carbocycles. The van der Waals surface area contributed by atoms with Crippen molar-refractivity contribution in [2.45, 2.75) is 36.0 Å². The first-order chi connectivity index (χ1) is 16.5. The molecule has 37 heavy (non-hydrogen) atoms. The highest BCUT2D eigenvalue weighted by atomic mass is 19.4. The Bertz CT molecular complexity index is 676. The third kappa shape index (κ3) is 8.97. The van der Waals surface area contributed by atoms with Gasteiger partial charge in [0, 0.05) is 0 Å². The van der Waals surface area contributed by atoms with Gasteiger partial charge in [0.2, 0.25) is 0 Å². The van der Waals surface area contributed by atoms with Gasteiger partial charge in [-0.1, -0.05) is 0 Å². The van der Waals surface area contributed by atoms with Crippen molar-refractivity contribution in [3.05, 3.63) is 0 Å². The number of esters is 2. The molecule has 0 aromatic rings. The van der Waals surface area contributed by atoms with Gasteiger partial charge in [0.1, 0.15) is 13.2 Å². The number of rotatable bonds is 16. The van der Waals surface area contributed by atoms with Crippen molar-refractivity contribution in [1.82, 2.24) is 0 Å². The fraction of sp³-hybridized carbons (Fsp3) is 0.875. The molecule has 0 radical (unpaired) electrons. The molecular weight excluding hydrogens is 570 g/mol. The zero-order chi connectivity index (χ0) is 29.3. The average Bonchev–Trinajstić information content (AvgIpc) is 2.74. The molecule has 0 saturated carbocycles. The predicted octanol–water partition coefficient (Wildman–Crippen LogP) is 3.79. The van der Waals surface area contributed by atoms with Crippen LogP contribution in [0.4, 0.5) is 61.5 Å². The molecule has 0 aliphatic rings. The Balaban J connectivity index is 3.96. The van der Waals surface area contributed by atoms with Gasteiger partial charge in [-0.15, -0.1) is 0 Å². The van der Waals surface area contributed by atoms with Gasteiger partial charge >= 0.3 is 48.0 Å². The molecule has 21 heteroatoms. The fourth-order valence-electron chi connectivity index (χ4n) is 1.72. The summed E-state index contributed by atoms with van der Waals surface area (Å²) < 4.78 is 195. The molecule has 0 atom stereocenters. The number of carbonyl (C=O) groups is 2. The molecule has 220 valence electrons. The van der Waals surface area contributed by atoms with Gasteiger partial charge in [0.25, 0.3) is 0 Å². The van der Waals surface area contributed by atoms with Crippen LogP contribution >= 0.6 is 0 Å². The lowest BCUT2D eigenvalue weighted by Gasteiger charge is -2.26. The third-order valence-corrected chi connectivity index (χ3v) is 3.68. The van der Waals surface area contributed by atoms with E-state index in [4.69, 9.17) is 4.74 Å². The number of ether oxygens (including phenoxy) is 5. The van der Waals surface area contributed by atoms with Gasteiger partial charge in [-0.2, -0.15) is 61.5 Å². The van der Waals surface area contributed by atoms with E-state index in [0.717, 1.165) is 0 Å². The Labute approximate surface area is 196 Å². The van der Waals surface area contributed by atoms with Crippen LogP contribution in [0.5, 0.6) is 0 Å². The Morgan fingerprint density at radius 3 is 0.838 bits per heavy atom. The Kier molecular flexibility index (Phi) is 12.3. The summed E-state index contributed by atoms with van der Waals surface area (Å²) in [4.78, 5) is 21.6. The maximum atomic E-state index is 13.0. The van der Waals surface area contributed by atoms with Gasteiger partial charge < -0.3 is 23.7 Å². The smallest absolute Gasteiger partial charge is 0.459 e. The fourth-order valence-corrected chi connectivity index (χ4v) is 1.72. The second-order valence-corrected chi connectivity index (χ2v) is 6.40. The summed E-state index contributed by atoms with van der Waals surface area (Å²) in [6, 6.07) is 0. The van der Waals surface area contributed by atoms with E-state index >= 15 is 0 Å². The highest BCUT2D eigenvalue weighted by Crippen LogP contribution is 2.48. The Hall–Kier alpha value is -2.16. The van der Waals surface area contributed by atoms with Crippen LogP contribution in [0.1, 0.15) is 0 Å². The van der Waals surface area contributed by atoms with E-state index in [1.807, 2.05) is 0 Å². The molecule has 0 amide bonds. The molecule has 0 aliphatic carbocycles. The first-order valence-electron chi connectivity index (χ1n) is 9.27. The van der Waals surface area contributed by atoms with Crippen LogP contribution in [0.2, 0.25) is 0 Å². The van der Waals surface area contributed by atoms with Gasteiger partial charge in [0.15, 0.2) is 0 Å². The molecule has 0 bridgehead atoms. The zero-order valence-electron chi connectivity index (χ0n) is 17.8. The second kappa shape index (κ2) is 13.1. The first kappa shape index (κ1) is 34.8. The zero-order valence-corrected chi connectivity index (χ0v) is 17.8. The van der Waals surface area contributed by atoms with Gasteiger partial charge in [-0.05, 0) is 0 Å². The lowest BCUT2D eigenvalue weighted by molar-refractivity contribution is -0.348. The van der Waals surface area contributed by atoms with Crippen molar-refractivity contribution in [2.24, 2.45) is 0 Å². The molecule has 0 rings (SSSR count). The summed E-state index contributed by atoms with van der Waals surface area (Å²) in [6.45, 7) is -4.97. The van der Waals surface area contributed by atoms with E-state index in [0.29, 0.717) is 0 Å². The van der Waals surface area contributed by atoms with E-state index in [1.54, 1.807) is 0 Å². The van der Waals surface area contributed by atoms with E-state index in [2.05, 4.69) is 18.9 Å². The molecule has 0 aromatic heterocycles. The molecular formula is C16H16F14O7. The number of hydrogen-bond acceptors (Lipinski definition) is 7. The minimum Gasteiger partial charge on any atom is -0.459 e. The third-order valence-electron chi connectivity index (χ3n) is 3.68. The number of hydrogen-bond donors (Lipinski definition) is 0. The molecule has 0 spiro atoms. The van der Waals surface area contributed by atoms with Gasteiger partial charge in [0.05, 0.1) is 39.6 Å². The molecule has 0 heterocycles. The molecule has 0 fully saturated rings. The van der Waals surface area contributed by atoms with E-state index in [1.165, 1.54) is 0 Å². The molecule has 7 nitrogen and oxygen atoms in total. The van der Waals surface area contributed by atoms with Crippen LogP contribution in [0.25, 0.3) is 0 Å². The summed E-state index contributed by atoms with van der Waals surface area (Å²) in [5.74, 6) is -32.0. The summed E-state index contributed by atoms with van der Waals surface area (Å²) >= 11 is 0. The van der Waals surface area contributed by atoms with E-state index in [-0.39, 0.29) is 26.4 Å². The maximum Gasteiger partial charge on any atom is 0.460 e. The normalized spacial score (nSPS) is 14.0. The van der Waals surface area contributed by atoms with Crippen LogP contribution in [0, 0.1) is 0 Å². The monoisotopic (exact) mass is 586 g/mol. The summed E-state index contributed by atoms with van der Waals surface area (Å²) in [5.41, 5.74) is 0. The topological polar surface area (TPSA) is 80.3 Å². The SMILES string of the molecule is O=C(OCCOCCOCCOCCOC(=O)C(F)(F)C(F)(F)C(F)(F)F)C(F)(F)C(F)(F)C(F)(F)F. The number of alkyl halides is 14. The van der Waals surface area contributed by atoms with Gasteiger partial charge in [-0.25, -0.2) is 9.59 Å². The highest BCUT2D eigenvalue weighted by molar-refractivity contribution is 5.79. The van der Waals surface area contributed by atoms with Crippen LogP contribution in [0.3, 0.4) is 0 Å². The molecule has 0 saturated heterocycles. The van der Waals surface area contributed by atoms with Crippen molar-refractivity contribution in [3.63, 3.8) is 0 Å². The summed E-state index contributed by atoms with van der Waals surface area (Å²) in [5, 5.41) is 0. The summed E-state index contributed by atoms with van der Waals surface area (Å²) in [6.07, 6.45) is -13.4. The quantitative estimate of drug-likeness (QED) is 0.155. The van der Waals surface area contributed by atoms with Crippen molar-refractivity contribution in [3.8, 4) is 0 Å². The van der Waals surface area contributed by atoms with Gasteiger partial charge in [-0.3, -0.25) is 0 Å². The summed E-state index contributed by atoms with van der Waals surface area (Å²) in [7, 11) is 0. The molecule has 0 aliphatic heterocycles. The predicted molar refractivity (Wildman–Crippen MR) is 86.3 cm³/mol. The van der Waals surface area contributed by atoms with Crippen LogP contribution < -0.4 is 0 Å². The van der Waals surface area contributed by atoms with Crippen LogP contribution in [-0.4, -0.2) is 101 Å². The minimum atomic E-state index is -6.72. The maximum absolute atomic E-state index is 13.0. The van der Waals surface area contributed by atoms with Crippen molar-refractivity contribution >= 4 is 11.9 Å². The highest BCUT2D eigenvalue weighted by Gasteiger charge is 2.78. The lowest BCUT2D eigenvalue weighted by atomic mass is 10.1. The van der Waals surface area contributed by atoms with Crippen molar-refractivity contribution in [2.75, 3.05) is 52.9 Å². The molecule has 0 N–H and O–H groups in total. The molecule has 0 unspecified atom stereocenters. The largest absolute Gasteiger partial charge is 0.460 e. The van der Waals surface area contributed by atoms with E-state index < -0.39 is 74.4 Å². The number of halogens is 14. The van der Waals surface area contributed by atoms with Crippen molar-refractivity contribution in [1.29, 1.82) is 0 Å². The minimum absolute atomic E-state index is 0.284. The Morgan fingerprint density at radius 2 is 0.622 bits per heavy atom.